The lowest BCUT2D eigenvalue weighted by atomic mass is 10.2. The predicted octanol–water partition coefficient (Wildman–Crippen LogP) is 2.18. The zero-order valence-corrected chi connectivity index (χ0v) is 10.8. The van der Waals surface area contributed by atoms with Crippen LogP contribution >= 0.6 is 0 Å². The molecule has 0 fully saturated rings. The molecule has 0 unspecified atom stereocenters. The minimum atomic E-state index is 0.507. The summed E-state index contributed by atoms with van der Waals surface area (Å²) < 4.78 is 12.9. The van der Waals surface area contributed by atoms with E-state index in [0.717, 1.165) is 36.7 Å². The van der Waals surface area contributed by atoms with E-state index in [1.54, 1.807) is 12.5 Å². The summed E-state index contributed by atoms with van der Waals surface area (Å²) in [7, 11) is 0. The third-order valence-corrected chi connectivity index (χ3v) is 2.70. The number of hydrogen-bond acceptors (Lipinski definition) is 4. The fraction of sp³-hybridized carbons (Fsp3) is 0.462. The van der Waals surface area contributed by atoms with Crippen molar-refractivity contribution < 1.29 is 9.15 Å². The second-order valence-electron chi connectivity index (χ2n) is 3.97. The highest BCUT2D eigenvalue weighted by molar-refractivity contribution is 5.18. The maximum atomic E-state index is 5.68. The lowest BCUT2D eigenvalue weighted by Crippen LogP contribution is -2.12. The monoisotopic (exact) mass is 249 g/mol. The molecule has 1 N–H and O–H groups in total. The molecule has 0 saturated carbocycles. The van der Waals surface area contributed by atoms with E-state index < -0.39 is 0 Å². The maximum Gasteiger partial charge on any atom is 0.157 e. The van der Waals surface area contributed by atoms with Gasteiger partial charge in [-0.2, -0.15) is 5.10 Å². The van der Waals surface area contributed by atoms with Gasteiger partial charge in [0.05, 0.1) is 25.2 Å². The van der Waals surface area contributed by atoms with Crippen molar-refractivity contribution in [1.82, 2.24) is 15.1 Å². The second-order valence-corrected chi connectivity index (χ2v) is 3.97. The first-order valence-electron chi connectivity index (χ1n) is 6.24. The van der Waals surface area contributed by atoms with Gasteiger partial charge in [0.2, 0.25) is 0 Å². The largest absolute Gasteiger partial charge is 0.485 e. The smallest absolute Gasteiger partial charge is 0.157 e. The van der Waals surface area contributed by atoms with Crippen molar-refractivity contribution >= 4 is 0 Å². The average molecular weight is 249 g/mol. The Labute approximate surface area is 107 Å². The van der Waals surface area contributed by atoms with Crippen molar-refractivity contribution in [2.24, 2.45) is 0 Å². The van der Waals surface area contributed by atoms with Crippen LogP contribution in [-0.2, 0) is 19.7 Å². The van der Waals surface area contributed by atoms with E-state index >= 15 is 0 Å². The molecule has 0 aliphatic rings. The Balaban J connectivity index is 1.91. The fourth-order valence-corrected chi connectivity index (χ4v) is 1.64. The molecule has 0 bridgehead atoms. The summed E-state index contributed by atoms with van der Waals surface area (Å²) in [6.45, 7) is 7.12. The van der Waals surface area contributed by atoms with Crippen LogP contribution in [0.4, 0.5) is 0 Å². The molecule has 0 aliphatic heterocycles. The van der Waals surface area contributed by atoms with Gasteiger partial charge in [-0.25, -0.2) is 0 Å². The van der Waals surface area contributed by atoms with E-state index in [1.807, 2.05) is 23.9 Å². The van der Waals surface area contributed by atoms with E-state index in [2.05, 4.69) is 17.3 Å². The van der Waals surface area contributed by atoms with Crippen LogP contribution in [0.25, 0.3) is 0 Å². The van der Waals surface area contributed by atoms with Crippen LogP contribution in [0.2, 0.25) is 0 Å². The van der Waals surface area contributed by atoms with E-state index in [9.17, 15) is 0 Å². The highest BCUT2D eigenvalue weighted by Crippen LogP contribution is 2.15. The van der Waals surface area contributed by atoms with Gasteiger partial charge in [0.1, 0.15) is 12.4 Å². The van der Waals surface area contributed by atoms with Crippen molar-refractivity contribution in [2.45, 2.75) is 33.5 Å². The molecule has 2 aromatic rings. The van der Waals surface area contributed by atoms with E-state index in [-0.39, 0.29) is 0 Å². The van der Waals surface area contributed by atoms with Crippen molar-refractivity contribution in [3.05, 3.63) is 36.0 Å². The third kappa shape index (κ3) is 3.13. The Hall–Kier alpha value is -1.75. The highest BCUT2D eigenvalue weighted by atomic mass is 16.5. The number of ether oxygens (including phenoxy) is 1. The van der Waals surface area contributed by atoms with E-state index in [1.165, 1.54) is 0 Å². The molecule has 5 nitrogen and oxygen atoms in total. The quantitative estimate of drug-likeness (QED) is 0.817. The minimum Gasteiger partial charge on any atom is -0.485 e. The zero-order chi connectivity index (χ0) is 12.8. The molecule has 18 heavy (non-hydrogen) atoms. The van der Waals surface area contributed by atoms with Crippen LogP contribution < -0.4 is 10.1 Å². The van der Waals surface area contributed by atoms with Gasteiger partial charge in [-0.1, -0.05) is 6.92 Å². The number of furan rings is 1. The number of nitrogens with zero attached hydrogens (tertiary/aromatic N) is 2. The Morgan fingerprint density at radius 3 is 3.06 bits per heavy atom. The minimum absolute atomic E-state index is 0.507. The standard InChI is InChI=1S/C13H19N3O2/c1-3-14-8-13-11(5-6-17-13)10-18-12-7-15-16(4-2)9-12/h5-7,9,14H,3-4,8,10H2,1-2H3. The fourth-order valence-electron chi connectivity index (χ4n) is 1.64. The van der Waals surface area contributed by atoms with Crippen LogP contribution in [0, 0.1) is 0 Å². The molecular weight excluding hydrogens is 230 g/mol. The van der Waals surface area contributed by atoms with Crippen molar-refractivity contribution in [2.75, 3.05) is 6.54 Å². The summed E-state index contributed by atoms with van der Waals surface area (Å²) in [5.74, 6) is 1.71. The predicted molar refractivity (Wildman–Crippen MR) is 68.3 cm³/mol. The molecule has 0 saturated heterocycles. The summed E-state index contributed by atoms with van der Waals surface area (Å²) >= 11 is 0. The Morgan fingerprint density at radius 1 is 1.44 bits per heavy atom. The van der Waals surface area contributed by atoms with Gasteiger partial charge in [0, 0.05) is 12.1 Å². The molecule has 0 radical (unpaired) electrons. The highest BCUT2D eigenvalue weighted by Gasteiger charge is 2.07. The summed E-state index contributed by atoms with van der Waals surface area (Å²) in [4.78, 5) is 0. The van der Waals surface area contributed by atoms with Gasteiger partial charge in [0.15, 0.2) is 5.75 Å². The summed E-state index contributed by atoms with van der Waals surface area (Å²) in [6, 6.07) is 1.94. The number of aryl methyl sites for hydroxylation is 1. The van der Waals surface area contributed by atoms with Crippen LogP contribution in [-0.4, -0.2) is 16.3 Å². The molecule has 5 heteroatoms. The number of aromatic nitrogens is 2. The Morgan fingerprint density at radius 2 is 2.33 bits per heavy atom. The molecule has 0 aliphatic carbocycles. The van der Waals surface area contributed by atoms with Crippen molar-refractivity contribution in [3.63, 3.8) is 0 Å². The summed E-state index contributed by atoms with van der Waals surface area (Å²) in [6.07, 6.45) is 5.32. The number of hydrogen-bond donors (Lipinski definition) is 1. The summed E-state index contributed by atoms with van der Waals surface area (Å²) in [5, 5.41) is 7.40. The van der Waals surface area contributed by atoms with E-state index in [4.69, 9.17) is 9.15 Å². The molecular formula is C13H19N3O2. The number of rotatable bonds is 7. The number of nitrogens with one attached hydrogen (secondary N) is 1. The molecule has 0 aromatic carbocycles. The molecule has 0 amide bonds. The Kier molecular flexibility index (Phi) is 4.41. The third-order valence-electron chi connectivity index (χ3n) is 2.70. The van der Waals surface area contributed by atoms with E-state index in [0.29, 0.717) is 6.61 Å². The molecule has 2 aromatic heterocycles. The molecule has 0 atom stereocenters. The first-order chi connectivity index (χ1) is 8.83. The molecule has 2 rings (SSSR count). The van der Waals surface area contributed by atoms with Crippen molar-refractivity contribution in [1.29, 1.82) is 0 Å². The molecule has 0 spiro atoms. The van der Waals surface area contributed by atoms with Crippen LogP contribution in [0.3, 0.4) is 0 Å². The lowest BCUT2D eigenvalue weighted by Gasteiger charge is -2.04. The van der Waals surface area contributed by atoms with Gasteiger partial charge in [-0.3, -0.25) is 4.68 Å². The van der Waals surface area contributed by atoms with Gasteiger partial charge in [0.25, 0.3) is 0 Å². The first-order valence-corrected chi connectivity index (χ1v) is 6.24. The molecule has 2 heterocycles. The lowest BCUT2D eigenvalue weighted by molar-refractivity contribution is 0.301. The first kappa shape index (κ1) is 12.7. The van der Waals surface area contributed by atoms with Gasteiger partial charge in [-0.05, 0) is 19.5 Å². The van der Waals surface area contributed by atoms with Gasteiger partial charge in [-0.15, -0.1) is 0 Å². The van der Waals surface area contributed by atoms with Gasteiger partial charge < -0.3 is 14.5 Å². The van der Waals surface area contributed by atoms with Crippen LogP contribution in [0.1, 0.15) is 25.2 Å². The average Bonchev–Trinajstić information content (AvgIpc) is 3.02. The normalized spacial score (nSPS) is 10.8. The molecule has 98 valence electrons. The topological polar surface area (TPSA) is 52.2 Å². The van der Waals surface area contributed by atoms with Gasteiger partial charge >= 0.3 is 0 Å². The Bertz CT molecular complexity index is 476. The summed E-state index contributed by atoms with van der Waals surface area (Å²) in [5.41, 5.74) is 1.07. The van der Waals surface area contributed by atoms with Crippen LogP contribution in [0.5, 0.6) is 5.75 Å². The van der Waals surface area contributed by atoms with Crippen molar-refractivity contribution in [3.8, 4) is 5.75 Å². The SMILES string of the molecule is CCNCc1occc1COc1cnn(CC)c1. The maximum absolute atomic E-state index is 5.68. The van der Waals surface area contributed by atoms with Crippen LogP contribution in [0.15, 0.2) is 29.1 Å². The second kappa shape index (κ2) is 6.26. The zero-order valence-electron chi connectivity index (χ0n) is 10.8.